The summed E-state index contributed by atoms with van der Waals surface area (Å²) in [4.78, 5) is 0. The standard InChI is InChI=1S/C17H26O/c1-4-15-11-9-12-16(14-15)10-7-5-6-8-13-17(2,3)18/h7,9-12,14,18H,4-6,8,13H2,1-3H3/b10-7+. The molecule has 1 aromatic rings. The highest BCUT2D eigenvalue weighted by Gasteiger charge is 2.10. The predicted molar refractivity (Wildman–Crippen MR) is 79.6 cm³/mol. The van der Waals surface area contributed by atoms with Crippen LogP contribution in [0.5, 0.6) is 0 Å². The summed E-state index contributed by atoms with van der Waals surface area (Å²) < 4.78 is 0. The molecule has 0 radical (unpaired) electrons. The van der Waals surface area contributed by atoms with Gasteiger partial charge in [0.2, 0.25) is 0 Å². The van der Waals surface area contributed by atoms with E-state index in [1.54, 1.807) is 0 Å². The van der Waals surface area contributed by atoms with Gasteiger partial charge >= 0.3 is 0 Å². The van der Waals surface area contributed by atoms with Crippen molar-refractivity contribution in [3.8, 4) is 0 Å². The van der Waals surface area contributed by atoms with Crippen LogP contribution in [0.15, 0.2) is 30.3 Å². The third kappa shape index (κ3) is 6.61. The van der Waals surface area contributed by atoms with Gasteiger partial charge in [0.25, 0.3) is 0 Å². The van der Waals surface area contributed by atoms with E-state index < -0.39 is 5.60 Å². The summed E-state index contributed by atoms with van der Waals surface area (Å²) >= 11 is 0. The number of aliphatic hydroxyl groups is 1. The first-order valence-corrected chi connectivity index (χ1v) is 6.99. The molecule has 0 saturated carbocycles. The molecule has 0 unspecified atom stereocenters. The highest BCUT2D eigenvalue weighted by molar-refractivity contribution is 5.50. The van der Waals surface area contributed by atoms with Gasteiger partial charge in [-0.3, -0.25) is 0 Å². The van der Waals surface area contributed by atoms with Crippen LogP contribution < -0.4 is 0 Å². The fraction of sp³-hybridized carbons (Fsp3) is 0.529. The molecular weight excluding hydrogens is 220 g/mol. The summed E-state index contributed by atoms with van der Waals surface area (Å²) in [5, 5.41) is 9.59. The highest BCUT2D eigenvalue weighted by Crippen LogP contribution is 2.14. The zero-order valence-electron chi connectivity index (χ0n) is 11.9. The maximum Gasteiger partial charge on any atom is 0.0591 e. The Balaban J connectivity index is 2.28. The van der Waals surface area contributed by atoms with E-state index in [4.69, 9.17) is 0 Å². The average molecular weight is 246 g/mol. The summed E-state index contributed by atoms with van der Waals surface area (Å²) in [6.07, 6.45) is 9.73. The van der Waals surface area contributed by atoms with Crippen molar-refractivity contribution in [2.24, 2.45) is 0 Å². The number of benzene rings is 1. The van der Waals surface area contributed by atoms with E-state index in [9.17, 15) is 5.11 Å². The molecule has 0 aliphatic carbocycles. The summed E-state index contributed by atoms with van der Waals surface area (Å²) in [6, 6.07) is 8.67. The first kappa shape index (κ1) is 15.0. The number of aryl methyl sites for hydroxylation is 1. The van der Waals surface area contributed by atoms with E-state index in [-0.39, 0.29) is 0 Å². The normalized spacial score (nSPS) is 12.2. The summed E-state index contributed by atoms with van der Waals surface area (Å²) in [7, 11) is 0. The second kappa shape index (κ2) is 7.38. The average Bonchev–Trinajstić information content (AvgIpc) is 2.32. The van der Waals surface area contributed by atoms with Crippen LogP contribution in [-0.2, 0) is 6.42 Å². The van der Waals surface area contributed by atoms with Gasteiger partial charge in [-0.15, -0.1) is 0 Å². The topological polar surface area (TPSA) is 20.2 Å². The molecule has 18 heavy (non-hydrogen) atoms. The van der Waals surface area contributed by atoms with Crippen molar-refractivity contribution in [1.82, 2.24) is 0 Å². The Kier molecular flexibility index (Phi) is 6.14. The lowest BCUT2D eigenvalue weighted by Gasteiger charge is -2.15. The lowest BCUT2D eigenvalue weighted by atomic mass is 10.0. The van der Waals surface area contributed by atoms with Crippen LogP contribution >= 0.6 is 0 Å². The molecule has 1 nitrogen and oxygen atoms in total. The highest BCUT2D eigenvalue weighted by atomic mass is 16.3. The maximum atomic E-state index is 9.59. The van der Waals surface area contributed by atoms with E-state index in [1.807, 2.05) is 13.8 Å². The Morgan fingerprint density at radius 1 is 1.22 bits per heavy atom. The molecular formula is C17H26O. The molecule has 1 rings (SSSR count). The van der Waals surface area contributed by atoms with Crippen LogP contribution in [0.2, 0.25) is 0 Å². The molecule has 0 atom stereocenters. The minimum atomic E-state index is -0.515. The van der Waals surface area contributed by atoms with Gasteiger partial charge in [-0.1, -0.05) is 49.8 Å². The minimum absolute atomic E-state index is 0.515. The third-order valence-corrected chi connectivity index (χ3v) is 3.08. The zero-order chi connectivity index (χ0) is 13.4. The van der Waals surface area contributed by atoms with Crippen molar-refractivity contribution >= 4 is 6.08 Å². The Labute approximate surface area is 112 Å². The number of allylic oxidation sites excluding steroid dienone is 1. The lowest BCUT2D eigenvalue weighted by molar-refractivity contribution is 0.0683. The molecule has 1 heteroatoms. The Morgan fingerprint density at radius 3 is 2.67 bits per heavy atom. The molecule has 1 N–H and O–H groups in total. The lowest BCUT2D eigenvalue weighted by Crippen LogP contribution is -2.17. The zero-order valence-corrected chi connectivity index (χ0v) is 11.9. The van der Waals surface area contributed by atoms with Gasteiger partial charge in [-0.25, -0.2) is 0 Å². The van der Waals surface area contributed by atoms with E-state index in [0.29, 0.717) is 0 Å². The van der Waals surface area contributed by atoms with Gasteiger partial charge in [-0.05, 0) is 50.7 Å². The molecule has 0 heterocycles. The molecule has 0 saturated heterocycles. The van der Waals surface area contributed by atoms with Gasteiger partial charge in [0, 0.05) is 0 Å². The van der Waals surface area contributed by atoms with Crippen LogP contribution in [0.4, 0.5) is 0 Å². The second-order valence-electron chi connectivity index (χ2n) is 5.56. The van der Waals surface area contributed by atoms with Crippen molar-refractivity contribution in [3.63, 3.8) is 0 Å². The summed E-state index contributed by atoms with van der Waals surface area (Å²) in [5.41, 5.74) is 2.16. The van der Waals surface area contributed by atoms with Gasteiger partial charge in [0.1, 0.15) is 0 Å². The molecule has 0 aliphatic rings. The first-order valence-electron chi connectivity index (χ1n) is 6.99. The van der Waals surface area contributed by atoms with Gasteiger partial charge < -0.3 is 5.11 Å². The molecule has 0 aliphatic heterocycles. The molecule has 0 fully saturated rings. The van der Waals surface area contributed by atoms with Crippen LogP contribution in [0, 0.1) is 0 Å². The van der Waals surface area contributed by atoms with Crippen molar-refractivity contribution in [1.29, 1.82) is 0 Å². The molecule has 0 aromatic heterocycles. The first-order chi connectivity index (χ1) is 8.51. The fourth-order valence-electron chi connectivity index (χ4n) is 1.96. The minimum Gasteiger partial charge on any atom is -0.390 e. The molecule has 0 amide bonds. The third-order valence-electron chi connectivity index (χ3n) is 3.08. The smallest absolute Gasteiger partial charge is 0.0591 e. The number of hydrogen-bond acceptors (Lipinski definition) is 1. The summed E-state index contributed by atoms with van der Waals surface area (Å²) in [6.45, 7) is 5.93. The van der Waals surface area contributed by atoms with E-state index in [0.717, 1.165) is 32.1 Å². The van der Waals surface area contributed by atoms with Crippen LogP contribution in [0.1, 0.15) is 57.6 Å². The maximum absolute atomic E-state index is 9.59. The second-order valence-corrected chi connectivity index (χ2v) is 5.56. The molecule has 100 valence electrons. The summed E-state index contributed by atoms with van der Waals surface area (Å²) in [5.74, 6) is 0. The fourth-order valence-corrected chi connectivity index (χ4v) is 1.96. The largest absolute Gasteiger partial charge is 0.390 e. The van der Waals surface area contributed by atoms with Gasteiger partial charge in [-0.2, -0.15) is 0 Å². The van der Waals surface area contributed by atoms with Crippen molar-refractivity contribution in [2.75, 3.05) is 0 Å². The quantitative estimate of drug-likeness (QED) is 0.697. The van der Waals surface area contributed by atoms with Crippen LogP contribution in [0.25, 0.3) is 6.08 Å². The molecule has 0 bridgehead atoms. The van der Waals surface area contributed by atoms with Crippen molar-refractivity contribution in [3.05, 3.63) is 41.5 Å². The van der Waals surface area contributed by atoms with Crippen molar-refractivity contribution < 1.29 is 5.11 Å². The van der Waals surface area contributed by atoms with E-state index in [1.165, 1.54) is 11.1 Å². The van der Waals surface area contributed by atoms with E-state index >= 15 is 0 Å². The Hall–Kier alpha value is -1.08. The number of hydrogen-bond donors (Lipinski definition) is 1. The Bertz CT molecular complexity index is 371. The Morgan fingerprint density at radius 2 is 2.00 bits per heavy atom. The van der Waals surface area contributed by atoms with E-state index in [2.05, 4.69) is 43.3 Å². The molecule has 0 spiro atoms. The SMILES string of the molecule is CCc1cccc(/C=C/CCCCC(C)(C)O)c1. The predicted octanol–water partition coefficient (Wildman–Crippen LogP) is 4.59. The van der Waals surface area contributed by atoms with Gasteiger partial charge in [0.15, 0.2) is 0 Å². The van der Waals surface area contributed by atoms with Crippen LogP contribution in [0.3, 0.4) is 0 Å². The molecule has 1 aromatic carbocycles. The van der Waals surface area contributed by atoms with Gasteiger partial charge in [0.05, 0.1) is 5.60 Å². The number of rotatable bonds is 7. The monoisotopic (exact) mass is 246 g/mol. The van der Waals surface area contributed by atoms with Crippen LogP contribution in [-0.4, -0.2) is 10.7 Å². The van der Waals surface area contributed by atoms with Crippen molar-refractivity contribution in [2.45, 2.75) is 58.5 Å². The number of unbranched alkanes of at least 4 members (excludes halogenated alkanes) is 2.